The molecule has 1 fully saturated rings. The molecule has 1 aromatic rings. The van der Waals surface area contributed by atoms with Crippen molar-refractivity contribution < 1.29 is 4.79 Å². The molecule has 2 unspecified atom stereocenters. The van der Waals surface area contributed by atoms with Crippen molar-refractivity contribution in [2.45, 2.75) is 51.6 Å². The largest absolute Gasteiger partial charge is 0.353 e. The molecule has 25 heavy (non-hydrogen) atoms. The van der Waals surface area contributed by atoms with Gasteiger partial charge in [-0.3, -0.25) is 9.79 Å². The number of aryl methyl sites for hydroxylation is 1. The molecule has 1 aliphatic rings. The molecule has 5 nitrogen and oxygen atoms in total. The normalized spacial score (nSPS) is 19.7. The fraction of sp³-hybridized carbons (Fsp3) is 0.579. The van der Waals surface area contributed by atoms with E-state index in [1.54, 1.807) is 7.05 Å². The van der Waals surface area contributed by atoms with Gasteiger partial charge in [0.05, 0.1) is 6.54 Å². The van der Waals surface area contributed by atoms with Gasteiger partial charge in [-0.25, -0.2) is 0 Å². The number of nitrogens with zero attached hydrogens (tertiary/aromatic N) is 2. The summed E-state index contributed by atoms with van der Waals surface area (Å²) in [5.41, 5.74) is 2.51. The number of nitrogens with one attached hydrogen (secondary N) is 2. The Balaban J connectivity index is 0.00000312. The minimum atomic E-state index is -0.221. The fourth-order valence-electron chi connectivity index (χ4n) is 2.96. The van der Waals surface area contributed by atoms with Gasteiger partial charge in [0.1, 0.15) is 0 Å². The van der Waals surface area contributed by atoms with Gasteiger partial charge in [-0.2, -0.15) is 0 Å². The van der Waals surface area contributed by atoms with Crippen LogP contribution in [-0.2, 0) is 4.79 Å². The maximum Gasteiger partial charge on any atom is 0.240 e. The van der Waals surface area contributed by atoms with E-state index in [0.717, 1.165) is 12.4 Å². The lowest BCUT2D eigenvalue weighted by molar-refractivity contribution is -0.122. The molecule has 1 aromatic carbocycles. The number of likely N-dealkylation sites (N-methyl/N-ethyl adjacent to an activating group) is 1. The average molecular weight is 458 g/mol. The fourth-order valence-corrected chi connectivity index (χ4v) is 2.96. The van der Waals surface area contributed by atoms with E-state index in [4.69, 9.17) is 0 Å². The van der Waals surface area contributed by atoms with Crippen LogP contribution >= 0.6 is 24.0 Å². The lowest BCUT2D eigenvalue weighted by atomic mass is 10.0. The molecular formula is C19H31IN4O. The van der Waals surface area contributed by atoms with Gasteiger partial charge < -0.3 is 15.5 Å². The summed E-state index contributed by atoms with van der Waals surface area (Å²) in [6.07, 6.45) is 1.10. The van der Waals surface area contributed by atoms with E-state index in [1.807, 2.05) is 32.7 Å². The Bertz CT molecular complexity index is 624. The number of amides is 1. The third kappa shape index (κ3) is 6.49. The molecule has 0 aromatic heterocycles. The zero-order valence-electron chi connectivity index (χ0n) is 16.1. The van der Waals surface area contributed by atoms with Crippen LogP contribution in [0.1, 0.15) is 44.2 Å². The Hall–Kier alpha value is -1.31. The molecule has 1 aliphatic carbocycles. The first-order chi connectivity index (χ1) is 11.2. The molecule has 0 radical (unpaired) electrons. The van der Waals surface area contributed by atoms with Crippen molar-refractivity contribution in [2.75, 3.05) is 20.6 Å². The van der Waals surface area contributed by atoms with Crippen molar-refractivity contribution in [1.82, 2.24) is 15.5 Å². The van der Waals surface area contributed by atoms with Crippen LogP contribution in [0.2, 0.25) is 0 Å². The van der Waals surface area contributed by atoms with Crippen molar-refractivity contribution in [3.05, 3.63) is 35.4 Å². The average Bonchev–Trinajstić information content (AvgIpc) is 3.22. The highest BCUT2D eigenvalue weighted by Crippen LogP contribution is 2.42. The Kier molecular flexibility index (Phi) is 7.71. The predicted octanol–water partition coefficient (Wildman–Crippen LogP) is 2.89. The Morgan fingerprint density at radius 1 is 1.32 bits per heavy atom. The van der Waals surface area contributed by atoms with Gasteiger partial charge in [-0.05, 0) is 45.2 Å². The number of guanidine groups is 1. The van der Waals surface area contributed by atoms with Crippen molar-refractivity contribution in [3.8, 4) is 0 Å². The Morgan fingerprint density at radius 3 is 2.52 bits per heavy atom. The van der Waals surface area contributed by atoms with Crippen LogP contribution in [0.25, 0.3) is 0 Å². The number of hydrogen-bond donors (Lipinski definition) is 2. The van der Waals surface area contributed by atoms with Crippen LogP contribution in [0.15, 0.2) is 29.3 Å². The molecule has 2 rings (SSSR count). The second-order valence-electron chi connectivity index (χ2n) is 7.65. The highest BCUT2D eigenvalue weighted by Gasteiger charge is 2.40. The van der Waals surface area contributed by atoms with Gasteiger partial charge in [0.25, 0.3) is 0 Å². The van der Waals surface area contributed by atoms with E-state index in [-0.39, 0.29) is 35.4 Å². The van der Waals surface area contributed by atoms with Gasteiger partial charge in [0, 0.05) is 31.6 Å². The molecule has 0 saturated heterocycles. The van der Waals surface area contributed by atoms with Crippen molar-refractivity contribution in [1.29, 1.82) is 0 Å². The third-order valence-corrected chi connectivity index (χ3v) is 4.16. The summed E-state index contributed by atoms with van der Waals surface area (Å²) in [6.45, 7) is 8.39. The van der Waals surface area contributed by atoms with E-state index in [9.17, 15) is 4.79 Å². The standard InChI is InChI=1S/C19H30N4O.HI/c1-13-9-7-8-10-14(13)15-11-16(15)21-18(20-5)23(6)12-17(24)22-19(2,3)4;/h7-10,15-16H,11-12H2,1-6H3,(H,20,21)(H,22,24);1H. The number of halogens is 1. The molecule has 1 amide bonds. The Labute approximate surface area is 168 Å². The van der Waals surface area contributed by atoms with Crippen molar-refractivity contribution in [2.24, 2.45) is 4.99 Å². The van der Waals surface area contributed by atoms with Crippen LogP contribution in [0.3, 0.4) is 0 Å². The highest BCUT2D eigenvalue weighted by atomic mass is 127. The summed E-state index contributed by atoms with van der Waals surface area (Å²) < 4.78 is 0. The number of carbonyl (C=O) groups excluding carboxylic acids is 1. The number of rotatable bonds is 4. The first-order valence-electron chi connectivity index (χ1n) is 8.52. The smallest absolute Gasteiger partial charge is 0.240 e. The van der Waals surface area contributed by atoms with Gasteiger partial charge in [-0.1, -0.05) is 24.3 Å². The van der Waals surface area contributed by atoms with E-state index in [0.29, 0.717) is 18.5 Å². The molecule has 2 N–H and O–H groups in total. The molecule has 0 bridgehead atoms. The summed E-state index contributed by atoms with van der Waals surface area (Å²) in [4.78, 5) is 18.3. The predicted molar refractivity (Wildman–Crippen MR) is 115 cm³/mol. The lowest BCUT2D eigenvalue weighted by Gasteiger charge is -2.25. The number of benzene rings is 1. The summed E-state index contributed by atoms with van der Waals surface area (Å²) in [5, 5.41) is 6.46. The van der Waals surface area contributed by atoms with Crippen LogP contribution in [0, 0.1) is 6.92 Å². The van der Waals surface area contributed by atoms with Crippen molar-refractivity contribution >= 4 is 35.8 Å². The lowest BCUT2D eigenvalue weighted by Crippen LogP contribution is -2.49. The number of carbonyl (C=O) groups is 1. The summed E-state index contributed by atoms with van der Waals surface area (Å²) >= 11 is 0. The maximum atomic E-state index is 12.1. The molecule has 0 heterocycles. The van der Waals surface area contributed by atoms with Gasteiger partial charge in [0.2, 0.25) is 5.91 Å². The Morgan fingerprint density at radius 2 is 1.96 bits per heavy atom. The van der Waals surface area contributed by atoms with E-state index < -0.39 is 0 Å². The van der Waals surface area contributed by atoms with E-state index in [2.05, 4.69) is 46.8 Å². The topological polar surface area (TPSA) is 56.7 Å². The first kappa shape index (κ1) is 21.7. The second-order valence-corrected chi connectivity index (χ2v) is 7.65. The maximum absolute atomic E-state index is 12.1. The molecule has 2 atom stereocenters. The van der Waals surface area contributed by atoms with Crippen LogP contribution < -0.4 is 10.6 Å². The molecule has 140 valence electrons. The third-order valence-electron chi connectivity index (χ3n) is 4.16. The molecule has 0 aliphatic heterocycles. The van der Waals surface area contributed by atoms with Gasteiger partial charge in [-0.15, -0.1) is 24.0 Å². The van der Waals surface area contributed by atoms with E-state index in [1.165, 1.54) is 11.1 Å². The minimum Gasteiger partial charge on any atom is -0.353 e. The zero-order chi connectivity index (χ0) is 17.9. The molecule has 0 spiro atoms. The number of aliphatic imine (C=N–C) groups is 1. The molecule has 1 saturated carbocycles. The van der Waals surface area contributed by atoms with Crippen LogP contribution in [-0.4, -0.2) is 49.0 Å². The first-order valence-corrected chi connectivity index (χ1v) is 8.52. The summed E-state index contributed by atoms with van der Waals surface area (Å²) in [7, 11) is 3.65. The van der Waals surface area contributed by atoms with Gasteiger partial charge in [0.15, 0.2) is 5.96 Å². The van der Waals surface area contributed by atoms with Gasteiger partial charge >= 0.3 is 0 Å². The summed E-state index contributed by atoms with van der Waals surface area (Å²) in [6, 6.07) is 8.91. The van der Waals surface area contributed by atoms with E-state index >= 15 is 0 Å². The molecular weight excluding hydrogens is 427 g/mol. The van der Waals surface area contributed by atoms with Crippen LogP contribution in [0.4, 0.5) is 0 Å². The summed E-state index contributed by atoms with van der Waals surface area (Å²) in [5.74, 6) is 1.29. The monoisotopic (exact) mass is 458 g/mol. The SMILES string of the molecule is CN=C(NC1CC1c1ccccc1C)N(C)CC(=O)NC(C)(C)C.I. The van der Waals surface area contributed by atoms with Crippen LogP contribution in [0.5, 0.6) is 0 Å². The zero-order valence-corrected chi connectivity index (χ0v) is 18.4. The minimum absolute atomic E-state index is 0. The quantitative estimate of drug-likeness (QED) is 0.415. The second kappa shape index (κ2) is 8.87. The highest BCUT2D eigenvalue weighted by molar-refractivity contribution is 14.0. The number of hydrogen-bond acceptors (Lipinski definition) is 2. The molecule has 6 heteroatoms. The van der Waals surface area contributed by atoms with Crippen molar-refractivity contribution in [3.63, 3.8) is 0 Å².